The average molecular weight is 299 g/mol. The van der Waals surface area contributed by atoms with Gasteiger partial charge in [-0.25, -0.2) is 0 Å². The normalized spacial score (nSPS) is 20.5. The number of alkyl halides is 2. The van der Waals surface area contributed by atoms with Gasteiger partial charge in [0.2, 0.25) is 5.91 Å². The molecule has 0 radical (unpaired) electrons. The Kier molecular flexibility index (Phi) is 2.79. The number of carboxylic acids is 1. The van der Waals surface area contributed by atoms with E-state index in [1.54, 1.807) is 0 Å². The molecule has 1 heterocycles. The minimum Gasteiger partial charge on any atom is -0.480 e. The van der Waals surface area contributed by atoms with Crippen molar-refractivity contribution < 1.29 is 33.0 Å². The fourth-order valence-electron chi connectivity index (χ4n) is 2.35. The molecular formula is C13H11F2NO5. The van der Waals surface area contributed by atoms with Crippen molar-refractivity contribution in [2.45, 2.75) is 25.6 Å². The summed E-state index contributed by atoms with van der Waals surface area (Å²) < 4.78 is 34.3. The molecule has 3 rings (SSSR count). The summed E-state index contributed by atoms with van der Waals surface area (Å²) in [5, 5.41) is 11.6. The van der Waals surface area contributed by atoms with Crippen molar-refractivity contribution in [1.29, 1.82) is 0 Å². The first-order valence-corrected chi connectivity index (χ1v) is 6.27. The fraction of sp³-hybridized carbons (Fsp3) is 0.385. The highest BCUT2D eigenvalue weighted by Crippen LogP contribution is 2.44. The molecule has 1 aliphatic heterocycles. The van der Waals surface area contributed by atoms with Gasteiger partial charge in [-0.15, -0.1) is 8.78 Å². The molecule has 0 spiro atoms. The molecule has 0 aromatic heterocycles. The van der Waals surface area contributed by atoms with Crippen LogP contribution in [0.1, 0.15) is 19.3 Å². The quantitative estimate of drug-likeness (QED) is 0.836. The Labute approximate surface area is 117 Å². The van der Waals surface area contributed by atoms with E-state index in [0.717, 1.165) is 0 Å². The second kappa shape index (κ2) is 4.31. The van der Waals surface area contributed by atoms with Crippen molar-refractivity contribution in [1.82, 2.24) is 0 Å². The molecular weight excluding hydrogens is 288 g/mol. The monoisotopic (exact) mass is 299 g/mol. The maximum atomic E-state index is 12.9. The van der Waals surface area contributed by atoms with E-state index in [1.807, 2.05) is 0 Å². The van der Waals surface area contributed by atoms with E-state index >= 15 is 0 Å². The molecule has 1 aromatic rings. The van der Waals surface area contributed by atoms with Crippen LogP contribution in [0, 0.1) is 5.41 Å². The number of anilines is 1. The Hall–Kier alpha value is -2.38. The molecule has 1 aromatic carbocycles. The van der Waals surface area contributed by atoms with Crippen LogP contribution in [0.5, 0.6) is 11.5 Å². The molecule has 2 N–H and O–H groups in total. The zero-order valence-electron chi connectivity index (χ0n) is 10.7. The summed E-state index contributed by atoms with van der Waals surface area (Å²) in [7, 11) is 0. The predicted molar refractivity (Wildman–Crippen MR) is 65.2 cm³/mol. The second-order valence-corrected chi connectivity index (χ2v) is 5.02. The Morgan fingerprint density at radius 3 is 2.43 bits per heavy atom. The zero-order chi connectivity index (χ0) is 15.3. The number of aliphatic carboxylic acids is 1. The highest BCUT2D eigenvalue weighted by Gasteiger charge is 2.51. The minimum atomic E-state index is -3.73. The predicted octanol–water partition coefficient (Wildman–Crippen LogP) is 2.20. The van der Waals surface area contributed by atoms with E-state index in [-0.39, 0.29) is 30.0 Å². The van der Waals surface area contributed by atoms with Crippen molar-refractivity contribution in [3.8, 4) is 11.5 Å². The number of benzene rings is 1. The average Bonchev–Trinajstić information content (AvgIpc) is 2.59. The van der Waals surface area contributed by atoms with Gasteiger partial charge in [-0.1, -0.05) is 6.42 Å². The molecule has 112 valence electrons. The van der Waals surface area contributed by atoms with Gasteiger partial charge in [0, 0.05) is 11.8 Å². The molecule has 1 aliphatic carbocycles. The van der Waals surface area contributed by atoms with Gasteiger partial charge in [-0.3, -0.25) is 9.59 Å². The third kappa shape index (κ3) is 2.16. The van der Waals surface area contributed by atoms with Gasteiger partial charge in [-0.05, 0) is 25.0 Å². The molecule has 1 saturated carbocycles. The van der Waals surface area contributed by atoms with E-state index < -0.39 is 23.6 Å². The number of hydrogen-bond donors (Lipinski definition) is 2. The molecule has 2 aliphatic rings. The number of rotatable bonds is 3. The van der Waals surface area contributed by atoms with Crippen LogP contribution in [0.2, 0.25) is 0 Å². The summed E-state index contributed by atoms with van der Waals surface area (Å²) in [5.74, 6) is -2.20. The highest BCUT2D eigenvalue weighted by molar-refractivity contribution is 6.09. The van der Waals surface area contributed by atoms with Crippen LogP contribution in [0.15, 0.2) is 18.2 Å². The molecule has 8 heteroatoms. The Bertz CT molecular complexity index is 627. The summed E-state index contributed by atoms with van der Waals surface area (Å²) in [4.78, 5) is 23.3. The summed E-state index contributed by atoms with van der Waals surface area (Å²) in [6.45, 7) is 0. The first kappa shape index (κ1) is 13.6. The van der Waals surface area contributed by atoms with Crippen molar-refractivity contribution in [3.63, 3.8) is 0 Å². The molecule has 0 saturated heterocycles. The van der Waals surface area contributed by atoms with Crippen molar-refractivity contribution in [2.75, 3.05) is 5.32 Å². The second-order valence-electron chi connectivity index (χ2n) is 5.02. The number of nitrogens with one attached hydrogen (secondary N) is 1. The van der Waals surface area contributed by atoms with Gasteiger partial charge in [0.1, 0.15) is 5.41 Å². The summed E-state index contributed by atoms with van der Waals surface area (Å²) in [6, 6.07) is 3.73. The van der Waals surface area contributed by atoms with E-state index in [2.05, 4.69) is 14.8 Å². The summed E-state index contributed by atoms with van der Waals surface area (Å²) >= 11 is 0. The standard InChI is InChI=1S/C13H11F2NO5/c14-13(15)20-8-3-2-7(6-9(8)21-13)16-10(17)12(11(18)19)4-1-5-12/h2-3,6H,1,4-5H2,(H,16,17)(H,18,19). The van der Waals surface area contributed by atoms with Crippen LogP contribution in [-0.4, -0.2) is 23.3 Å². The first-order valence-electron chi connectivity index (χ1n) is 6.27. The van der Waals surface area contributed by atoms with Crippen molar-refractivity contribution in [3.05, 3.63) is 18.2 Å². The zero-order valence-corrected chi connectivity index (χ0v) is 10.7. The van der Waals surface area contributed by atoms with Crippen LogP contribution >= 0.6 is 0 Å². The number of carbonyl (C=O) groups is 2. The lowest BCUT2D eigenvalue weighted by Crippen LogP contribution is -2.48. The summed E-state index contributed by atoms with van der Waals surface area (Å²) in [5.41, 5.74) is -1.26. The Morgan fingerprint density at radius 1 is 1.19 bits per heavy atom. The van der Waals surface area contributed by atoms with Gasteiger partial charge in [0.25, 0.3) is 0 Å². The topological polar surface area (TPSA) is 84.9 Å². The third-order valence-electron chi connectivity index (χ3n) is 3.71. The third-order valence-corrected chi connectivity index (χ3v) is 3.71. The van der Waals surface area contributed by atoms with Crippen LogP contribution < -0.4 is 14.8 Å². The molecule has 21 heavy (non-hydrogen) atoms. The van der Waals surface area contributed by atoms with Gasteiger partial charge < -0.3 is 19.9 Å². The van der Waals surface area contributed by atoms with Gasteiger partial charge in [0.15, 0.2) is 11.5 Å². The number of hydrogen-bond acceptors (Lipinski definition) is 4. The van der Waals surface area contributed by atoms with E-state index in [0.29, 0.717) is 6.42 Å². The molecule has 1 fully saturated rings. The molecule has 0 unspecified atom stereocenters. The van der Waals surface area contributed by atoms with Crippen molar-refractivity contribution in [2.24, 2.45) is 5.41 Å². The molecule has 1 amide bonds. The highest BCUT2D eigenvalue weighted by atomic mass is 19.3. The van der Waals surface area contributed by atoms with Crippen LogP contribution in [0.4, 0.5) is 14.5 Å². The fourth-order valence-corrected chi connectivity index (χ4v) is 2.35. The Balaban J connectivity index is 1.78. The number of fused-ring (bicyclic) bond motifs is 1. The summed E-state index contributed by atoms with van der Waals surface area (Å²) in [6.07, 6.45) is -2.55. The first-order chi connectivity index (χ1) is 9.82. The Morgan fingerprint density at radius 2 is 1.86 bits per heavy atom. The lowest BCUT2D eigenvalue weighted by molar-refractivity contribution is -0.286. The minimum absolute atomic E-state index is 0.144. The van der Waals surface area contributed by atoms with Crippen molar-refractivity contribution >= 4 is 17.6 Å². The van der Waals surface area contributed by atoms with E-state index in [4.69, 9.17) is 5.11 Å². The lowest BCUT2D eigenvalue weighted by Gasteiger charge is -2.35. The number of amides is 1. The van der Waals surface area contributed by atoms with E-state index in [9.17, 15) is 18.4 Å². The number of carboxylic acid groups (broad SMARTS) is 1. The number of carbonyl (C=O) groups excluding carboxylic acids is 1. The molecule has 6 nitrogen and oxygen atoms in total. The maximum absolute atomic E-state index is 12.9. The number of halogens is 2. The number of ether oxygens (including phenoxy) is 2. The SMILES string of the molecule is O=C(O)C1(C(=O)Nc2ccc3c(c2)OC(F)(F)O3)CCC1. The van der Waals surface area contributed by atoms with Crippen LogP contribution in [-0.2, 0) is 9.59 Å². The van der Waals surface area contributed by atoms with Gasteiger partial charge >= 0.3 is 12.3 Å². The lowest BCUT2D eigenvalue weighted by atomic mass is 9.68. The van der Waals surface area contributed by atoms with Crippen LogP contribution in [0.25, 0.3) is 0 Å². The van der Waals surface area contributed by atoms with Gasteiger partial charge in [-0.2, -0.15) is 0 Å². The maximum Gasteiger partial charge on any atom is 0.586 e. The van der Waals surface area contributed by atoms with Crippen LogP contribution in [0.3, 0.4) is 0 Å². The molecule has 0 bridgehead atoms. The largest absolute Gasteiger partial charge is 0.586 e. The molecule has 0 atom stereocenters. The van der Waals surface area contributed by atoms with Gasteiger partial charge in [0.05, 0.1) is 0 Å². The van der Waals surface area contributed by atoms with E-state index in [1.165, 1.54) is 18.2 Å². The smallest absolute Gasteiger partial charge is 0.480 e.